The Kier molecular flexibility index (Phi) is 6.85. The number of benzene rings is 1. The normalized spacial score (nSPS) is 14.1. The fourth-order valence-corrected chi connectivity index (χ4v) is 3.58. The smallest absolute Gasteiger partial charge is 0.224 e. The molecule has 2 aromatic rings. The minimum Gasteiger partial charge on any atom is -0.383 e. The van der Waals surface area contributed by atoms with E-state index in [2.05, 4.69) is 9.88 Å². The van der Waals surface area contributed by atoms with E-state index in [4.69, 9.17) is 21.3 Å². The van der Waals surface area contributed by atoms with Gasteiger partial charge in [0.25, 0.3) is 0 Å². The molecular weight excluding hydrogens is 364 g/mol. The summed E-state index contributed by atoms with van der Waals surface area (Å²) in [6.45, 7) is 5.64. The molecule has 0 aliphatic carbocycles. The van der Waals surface area contributed by atoms with E-state index >= 15 is 0 Å². The number of ether oxygens (including phenoxy) is 1. The number of methoxy groups -OCH3 is 1. The van der Waals surface area contributed by atoms with E-state index in [1.165, 1.54) is 0 Å². The number of carbonyl (C=O) groups is 1. The Morgan fingerprint density at radius 1 is 1.26 bits per heavy atom. The molecular formula is C20H27ClN4O2. The first-order chi connectivity index (χ1) is 13.1. The van der Waals surface area contributed by atoms with Gasteiger partial charge in [-0.15, -0.1) is 0 Å². The first kappa shape index (κ1) is 19.8. The topological polar surface area (TPSA) is 58.6 Å². The average Bonchev–Trinajstić information content (AvgIpc) is 3.21. The van der Waals surface area contributed by atoms with Crippen molar-refractivity contribution in [2.45, 2.75) is 32.6 Å². The largest absolute Gasteiger partial charge is 0.383 e. The average molecular weight is 391 g/mol. The van der Waals surface area contributed by atoms with E-state index in [-0.39, 0.29) is 5.91 Å². The molecule has 1 aromatic heterocycles. The molecule has 0 spiro atoms. The Bertz CT molecular complexity index is 793. The second-order valence-corrected chi connectivity index (χ2v) is 7.23. The molecule has 1 aromatic carbocycles. The molecule has 1 aliphatic heterocycles. The van der Waals surface area contributed by atoms with Gasteiger partial charge in [0.1, 0.15) is 11.6 Å². The van der Waals surface area contributed by atoms with Gasteiger partial charge in [-0.3, -0.25) is 4.79 Å². The van der Waals surface area contributed by atoms with Crippen LogP contribution in [0.2, 0.25) is 5.02 Å². The number of amides is 1. The van der Waals surface area contributed by atoms with Gasteiger partial charge in [0, 0.05) is 56.5 Å². The Morgan fingerprint density at radius 2 is 2.04 bits per heavy atom. The molecule has 0 radical (unpaired) electrons. The Balaban J connectivity index is 1.87. The molecule has 0 bridgehead atoms. The SMILES string of the molecule is CCc1nc(N(CCOC)CCC(=O)N2CCCC2)c2ccc(Cl)cc2n1. The van der Waals surface area contributed by atoms with Crippen LogP contribution < -0.4 is 4.90 Å². The van der Waals surface area contributed by atoms with Crippen molar-refractivity contribution < 1.29 is 9.53 Å². The standard InChI is InChI=1S/C20H27ClN4O2/c1-3-18-22-17-14-15(21)6-7-16(17)20(23-18)25(12-13-27-2)11-8-19(26)24-9-4-5-10-24/h6-7,14H,3-5,8-13H2,1-2H3. The zero-order valence-electron chi connectivity index (χ0n) is 16.1. The lowest BCUT2D eigenvalue weighted by Crippen LogP contribution is -2.35. The van der Waals surface area contributed by atoms with E-state index in [0.29, 0.717) is 31.1 Å². The van der Waals surface area contributed by atoms with Gasteiger partial charge in [-0.05, 0) is 31.0 Å². The van der Waals surface area contributed by atoms with Crippen LogP contribution >= 0.6 is 11.6 Å². The van der Waals surface area contributed by atoms with Crippen molar-refractivity contribution in [1.29, 1.82) is 0 Å². The van der Waals surface area contributed by atoms with E-state index in [9.17, 15) is 4.79 Å². The number of likely N-dealkylation sites (tertiary alicyclic amines) is 1. The minimum atomic E-state index is 0.215. The number of anilines is 1. The molecule has 1 saturated heterocycles. The van der Waals surface area contributed by atoms with Gasteiger partial charge >= 0.3 is 0 Å². The highest BCUT2D eigenvalue weighted by atomic mass is 35.5. The molecule has 1 amide bonds. The zero-order valence-corrected chi connectivity index (χ0v) is 16.8. The van der Waals surface area contributed by atoms with E-state index in [1.807, 2.05) is 30.0 Å². The summed E-state index contributed by atoms with van der Waals surface area (Å²) in [7, 11) is 1.68. The Hall–Kier alpha value is -1.92. The molecule has 146 valence electrons. The Labute approximate surface area is 165 Å². The van der Waals surface area contributed by atoms with Crippen LogP contribution in [0.3, 0.4) is 0 Å². The van der Waals surface area contributed by atoms with Crippen LogP contribution in [0.5, 0.6) is 0 Å². The van der Waals surface area contributed by atoms with E-state index < -0.39 is 0 Å². The van der Waals surface area contributed by atoms with Crippen molar-refractivity contribution in [2.75, 3.05) is 44.8 Å². The number of aryl methyl sites for hydroxylation is 1. The summed E-state index contributed by atoms with van der Waals surface area (Å²) in [6, 6.07) is 5.67. The number of nitrogens with zero attached hydrogens (tertiary/aromatic N) is 4. The third-order valence-corrected chi connectivity index (χ3v) is 5.16. The van der Waals surface area contributed by atoms with Crippen molar-refractivity contribution in [3.63, 3.8) is 0 Å². The molecule has 0 saturated carbocycles. The van der Waals surface area contributed by atoms with Crippen LogP contribution in [0, 0.1) is 0 Å². The second kappa shape index (κ2) is 9.33. The lowest BCUT2D eigenvalue weighted by molar-refractivity contribution is -0.129. The van der Waals surface area contributed by atoms with Crippen LogP contribution in [0.4, 0.5) is 5.82 Å². The van der Waals surface area contributed by atoms with Crippen LogP contribution in [0.25, 0.3) is 10.9 Å². The predicted octanol–water partition coefficient (Wildman–Crippen LogP) is 3.31. The molecule has 0 unspecified atom stereocenters. The maximum Gasteiger partial charge on any atom is 0.224 e. The summed E-state index contributed by atoms with van der Waals surface area (Å²) in [5.41, 5.74) is 0.831. The van der Waals surface area contributed by atoms with Crippen molar-refractivity contribution >= 4 is 34.2 Å². The number of aromatic nitrogens is 2. The number of fused-ring (bicyclic) bond motifs is 1. The van der Waals surface area contributed by atoms with Crippen molar-refractivity contribution in [2.24, 2.45) is 0 Å². The molecule has 7 heteroatoms. The first-order valence-electron chi connectivity index (χ1n) is 9.60. The van der Waals surface area contributed by atoms with Crippen LogP contribution in [0.1, 0.15) is 32.0 Å². The predicted molar refractivity (Wildman–Crippen MR) is 108 cm³/mol. The van der Waals surface area contributed by atoms with Gasteiger partial charge in [-0.2, -0.15) is 0 Å². The highest BCUT2D eigenvalue weighted by molar-refractivity contribution is 6.31. The lowest BCUT2D eigenvalue weighted by atomic mass is 10.2. The number of rotatable bonds is 8. The van der Waals surface area contributed by atoms with Gasteiger partial charge in [0.15, 0.2) is 0 Å². The van der Waals surface area contributed by atoms with Crippen molar-refractivity contribution in [1.82, 2.24) is 14.9 Å². The lowest BCUT2D eigenvalue weighted by Gasteiger charge is -2.26. The first-order valence-corrected chi connectivity index (χ1v) is 9.98. The van der Waals surface area contributed by atoms with Gasteiger partial charge in [0.05, 0.1) is 12.1 Å². The number of hydrogen-bond donors (Lipinski definition) is 0. The van der Waals surface area contributed by atoms with Crippen LogP contribution in [0.15, 0.2) is 18.2 Å². The molecule has 6 nitrogen and oxygen atoms in total. The number of halogens is 1. The van der Waals surface area contributed by atoms with E-state index in [0.717, 1.165) is 54.9 Å². The minimum absolute atomic E-state index is 0.215. The maximum atomic E-state index is 12.5. The fourth-order valence-electron chi connectivity index (χ4n) is 3.41. The summed E-state index contributed by atoms with van der Waals surface area (Å²) < 4.78 is 5.29. The highest BCUT2D eigenvalue weighted by Crippen LogP contribution is 2.27. The van der Waals surface area contributed by atoms with Gasteiger partial charge in [-0.1, -0.05) is 18.5 Å². The summed E-state index contributed by atoms with van der Waals surface area (Å²) in [5, 5.41) is 1.60. The molecule has 0 N–H and O–H groups in total. The third kappa shape index (κ3) is 4.87. The molecule has 1 fully saturated rings. The fraction of sp³-hybridized carbons (Fsp3) is 0.550. The number of hydrogen-bond acceptors (Lipinski definition) is 5. The zero-order chi connectivity index (χ0) is 19.2. The van der Waals surface area contributed by atoms with Gasteiger partial charge < -0.3 is 14.5 Å². The molecule has 1 aliphatic rings. The quantitative estimate of drug-likeness (QED) is 0.692. The van der Waals surface area contributed by atoms with Crippen LogP contribution in [-0.2, 0) is 16.0 Å². The second-order valence-electron chi connectivity index (χ2n) is 6.80. The highest BCUT2D eigenvalue weighted by Gasteiger charge is 2.20. The number of carbonyl (C=O) groups excluding carboxylic acids is 1. The van der Waals surface area contributed by atoms with Gasteiger partial charge in [-0.25, -0.2) is 9.97 Å². The maximum absolute atomic E-state index is 12.5. The van der Waals surface area contributed by atoms with Crippen molar-refractivity contribution in [3.05, 3.63) is 29.0 Å². The third-order valence-electron chi connectivity index (χ3n) is 4.92. The summed E-state index contributed by atoms with van der Waals surface area (Å²) in [5.74, 6) is 1.83. The van der Waals surface area contributed by atoms with E-state index in [1.54, 1.807) is 7.11 Å². The molecule has 0 atom stereocenters. The molecule has 27 heavy (non-hydrogen) atoms. The summed E-state index contributed by atoms with van der Waals surface area (Å²) in [6.07, 6.45) is 3.43. The van der Waals surface area contributed by atoms with Gasteiger partial charge in [0.2, 0.25) is 5.91 Å². The summed E-state index contributed by atoms with van der Waals surface area (Å²) >= 11 is 6.16. The Morgan fingerprint density at radius 3 is 2.74 bits per heavy atom. The molecule has 3 rings (SSSR count). The summed E-state index contributed by atoms with van der Waals surface area (Å²) in [4.78, 5) is 26.0. The van der Waals surface area contributed by atoms with Crippen molar-refractivity contribution in [3.8, 4) is 0 Å². The monoisotopic (exact) mass is 390 g/mol. The molecule has 2 heterocycles. The van der Waals surface area contributed by atoms with Crippen LogP contribution in [-0.4, -0.2) is 60.7 Å².